The van der Waals surface area contributed by atoms with Gasteiger partial charge in [0.05, 0.1) is 6.21 Å². The van der Waals surface area contributed by atoms with E-state index in [1.54, 1.807) is 25.4 Å². The third-order valence-corrected chi connectivity index (χ3v) is 3.63. The van der Waals surface area contributed by atoms with E-state index >= 15 is 0 Å². The van der Waals surface area contributed by atoms with Crippen LogP contribution in [0.4, 0.5) is 5.95 Å². The lowest BCUT2D eigenvalue weighted by atomic mass is 10.2. The molecule has 0 bridgehead atoms. The lowest BCUT2D eigenvalue weighted by molar-refractivity contribution is 0.829. The fourth-order valence-electron chi connectivity index (χ4n) is 2.12. The number of halogens is 1. The number of aryl methyl sites for hydroxylation is 2. The maximum Gasteiger partial charge on any atom is 0.329 e. The lowest BCUT2D eigenvalue weighted by Gasteiger charge is -2.00. The molecule has 0 atom stereocenters. The summed E-state index contributed by atoms with van der Waals surface area (Å²) in [7, 11) is 3.20. The molecule has 1 aromatic carbocycles. The minimum atomic E-state index is -0.517. The van der Waals surface area contributed by atoms with Crippen molar-refractivity contribution in [1.29, 1.82) is 0 Å². The molecule has 8 nitrogen and oxygen atoms in total. The first-order valence-electron chi connectivity index (χ1n) is 6.68. The molecule has 0 saturated heterocycles. The van der Waals surface area contributed by atoms with Crippen LogP contribution in [0.3, 0.4) is 0 Å². The van der Waals surface area contributed by atoms with Gasteiger partial charge in [-0.1, -0.05) is 23.7 Å². The Morgan fingerprint density at radius 1 is 1.22 bits per heavy atom. The highest BCUT2D eigenvalue weighted by Crippen LogP contribution is 2.13. The molecule has 118 valence electrons. The van der Waals surface area contributed by atoms with Gasteiger partial charge in [-0.25, -0.2) is 10.2 Å². The number of fused-ring (bicyclic) bond motifs is 1. The molecular weight excluding hydrogens is 320 g/mol. The molecule has 2 heterocycles. The van der Waals surface area contributed by atoms with Crippen molar-refractivity contribution in [2.75, 3.05) is 5.43 Å². The largest absolute Gasteiger partial charge is 0.329 e. The number of hydrazone groups is 1. The minimum absolute atomic E-state index is 0.283. The second-order valence-corrected chi connectivity index (χ2v) is 5.34. The Balaban J connectivity index is 1.95. The predicted octanol–water partition coefficient (Wildman–Crippen LogP) is 1.06. The average molecular weight is 333 g/mol. The molecular formula is C14H13ClN6O2. The second-order valence-electron chi connectivity index (χ2n) is 4.91. The van der Waals surface area contributed by atoms with E-state index in [0.29, 0.717) is 11.0 Å². The molecule has 9 heteroatoms. The average Bonchev–Trinajstić information content (AvgIpc) is 2.85. The molecule has 0 aliphatic rings. The number of nitrogens with one attached hydrogen (secondary N) is 2. The van der Waals surface area contributed by atoms with Gasteiger partial charge in [-0.15, -0.1) is 0 Å². The summed E-state index contributed by atoms with van der Waals surface area (Å²) in [5, 5.41) is 4.72. The first-order valence-corrected chi connectivity index (χ1v) is 7.05. The van der Waals surface area contributed by atoms with Gasteiger partial charge in [0.15, 0.2) is 11.2 Å². The first-order chi connectivity index (χ1) is 11.0. The monoisotopic (exact) mass is 332 g/mol. The maximum atomic E-state index is 11.9. The number of aromatic nitrogens is 4. The third kappa shape index (κ3) is 2.76. The van der Waals surface area contributed by atoms with Crippen molar-refractivity contribution in [3.05, 3.63) is 55.7 Å². The summed E-state index contributed by atoms with van der Waals surface area (Å²) in [6, 6.07) is 7.15. The van der Waals surface area contributed by atoms with Crippen molar-refractivity contribution in [3.8, 4) is 0 Å². The zero-order valence-corrected chi connectivity index (χ0v) is 13.1. The zero-order valence-electron chi connectivity index (χ0n) is 12.4. The van der Waals surface area contributed by atoms with E-state index in [4.69, 9.17) is 11.6 Å². The quantitative estimate of drug-likeness (QED) is 0.553. The van der Waals surface area contributed by atoms with Crippen molar-refractivity contribution in [3.63, 3.8) is 0 Å². The molecule has 23 heavy (non-hydrogen) atoms. The van der Waals surface area contributed by atoms with Crippen LogP contribution in [0.25, 0.3) is 11.2 Å². The van der Waals surface area contributed by atoms with E-state index in [9.17, 15) is 9.59 Å². The van der Waals surface area contributed by atoms with Crippen molar-refractivity contribution in [2.24, 2.45) is 19.2 Å². The van der Waals surface area contributed by atoms with Crippen LogP contribution < -0.4 is 16.7 Å². The van der Waals surface area contributed by atoms with E-state index in [1.807, 2.05) is 12.1 Å². The maximum absolute atomic E-state index is 11.9. The Bertz CT molecular complexity index is 1010. The number of anilines is 1. The van der Waals surface area contributed by atoms with E-state index in [0.717, 1.165) is 5.56 Å². The fourth-order valence-corrected chi connectivity index (χ4v) is 2.25. The molecule has 0 aliphatic carbocycles. The number of imidazole rings is 1. The van der Waals surface area contributed by atoms with Gasteiger partial charge in [-0.2, -0.15) is 10.1 Å². The standard InChI is InChI=1S/C14H13ClN6O2/c1-20-10-11(21(2)14(23)18-12(10)22)17-13(20)19-16-7-8-3-5-9(15)6-4-8/h3-7H,1-2H3,(H,17,19)(H,18,22,23). The van der Waals surface area contributed by atoms with Gasteiger partial charge in [0.1, 0.15) is 0 Å². The summed E-state index contributed by atoms with van der Waals surface area (Å²) < 4.78 is 2.80. The molecule has 0 fully saturated rings. The van der Waals surface area contributed by atoms with Gasteiger partial charge in [-0.05, 0) is 17.7 Å². The molecule has 3 aromatic rings. The summed E-state index contributed by atoms with van der Waals surface area (Å²) in [6.07, 6.45) is 1.60. The summed E-state index contributed by atoms with van der Waals surface area (Å²) in [6.45, 7) is 0. The number of hydrogen-bond donors (Lipinski definition) is 2. The highest BCUT2D eigenvalue weighted by atomic mass is 35.5. The van der Waals surface area contributed by atoms with E-state index in [2.05, 4.69) is 20.5 Å². The summed E-state index contributed by atoms with van der Waals surface area (Å²) in [5.41, 5.74) is 3.17. The summed E-state index contributed by atoms with van der Waals surface area (Å²) in [4.78, 5) is 30.0. The molecule has 2 N–H and O–H groups in total. The Hall–Kier alpha value is -2.87. The molecule has 2 aromatic heterocycles. The van der Waals surface area contributed by atoms with Gasteiger partial charge in [0, 0.05) is 19.1 Å². The van der Waals surface area contributed by atoms with Crippen LogP contribution in [-0.4, -0.2) is 25.3 Å². The third-order valence-electron chi connectivity index (χ3n) is 3.38. The van der Waals surface area contributed by atoms with Crippen LogP contribution in [-0.2, 0) is 14.1 Å². The molecule has 0 spiro atoms. The number of nitrogens with zero attached hydrogens (tertiary/aromatic N) is 4. The number of hydrogen-bond acceptors (Lipinski definition) is 5. The van der Waals surface area contributed by atoms with Crippen LogP contribution >= 0.6 is 11.6 Å². The highest BCUT2D eigenvalue weighted by Gasteiger charge is 2.14. The van der Waals surface area contributed by atoms with Crippen LogP contribution in [0.1, 0.15) is 5.56 Å². The normalized spacial score (nSPS) is 11.4. The molecule has 0 saturated carbocycles. The predicted molar refractivity (Wildman–Crippen MR) is 89.2 cm³/mol. The topological polar surface area (TPSA) is 97.1 Å². The number of aromatic amines is 1. The first kappa shape index (κ1) is 15.0. The SMILES string of the molecule is Cn1c(NN=Cc2ccc(Cl)cc2)nc2c1c(=O)[nH]c(=O)n2C. The Labute approximate surface area is 135 Å². The zero-order chi connectivity index (χ0) is 16.6. The van der Waals surface area contributed by atoms with E-state index in [-0.39, 0.29) is 11.2 Å². The lowest BCUT2D eigenvalue weighted by Crippen LogP contribution is -2.29. The van der Waals surface area contributed by atoms with Gasteiger partial charge in [-0.3, -0.25) is 14.3 Å². The van der Waals surface area contributed by atoms with E-state index < -0.39 is 11.2 Å². The van der Waals surface area contributed by atoms with Crippen molar-refractivity contribution >= 4 is 34.9 Å². The van der Waals surface area contributed by atoms with Gasteiger partial charge < -0.3 is 4.57 Å². The van der Waals surface area contributed by atoms with Gasteiger partial charge >= 0.3 is 5.69 Å². The van der Waals surface area contributed by atoms with Crippen molar-refractivity contribution < 1.29 is 0 Å². The Kier molecular flexibility index (Phi) is 3.75. The minimum Gasteiger partial charge on any atom is -0.306 e. The molecule has 0 unspecified atom stereocenters. The van der Waals surface area contributed by atoms with Crippen LogP contribution in [0, 0.1) is 0 Å². The number of benzene rings is 1. The Morgan fingerprint density at radius 3 is 2.61 bits per heavy atom. The van der Waals surface area contributed by atoms with E-state index in [1.165, 1.54) is 16.2 Å². The molecule has 0 amide bonds. The van der Waals surface area contributed by atoms with Crippen molar-refractivity contribution in [1.82, 2.24) is 19.1 Å². The molecule has 0 radical (unpaired) electrons. The Morgan fingerprint density at radius 2 is 1.91 bits per heavy atom. The molecule has 3 rings (SSSR count). The summed E-state index contributed by atoms with van der Waals surface area (Å²) in [5.74, 6) is 0.344. The summed E-state index contributed by atoms with van der Waals surface area (Å²) >= 11 is 5.82. The van der Waals surface area contributed by atoms with Crippen LogP contribution in [0.2, 0.25) is 5.02 Å². The van der Waals surface area contributed by atoms with Gasteiger partial charge in [0.2, 0.25) is 5.95 Å². The number of rotatable bonds is 3. The van der Waals surface area contributed by atoms with Crippen LogP contribution in [0.5, 0.6) is 0 Å². The fraction of sp³-hybridized carbons (Fsp3) is 0.143. The van der Waals surface area contributed by atoms with Crippen LogP contribution in [0.15, 0.2) is 39.0 Å². The molecule has 0 aliphatic heterocycles. The highest BCUT2D eigenvalue weighted by molar-refractivity contribution is 6.30. The second kappa shape index (κ2) is 5.73. The van der Waals surface area contributed by atoms with Gasteiger partial charge in [0.25, 0.3) is 5.56 Å². The van der Waals surface area contributed by atoms with Crippen molar-refractivity contribution in [2.45, 2.75) is 0 Å². The smallest absolute Gasteiger partial charge is 0.306 e. The number of H-pyrrole nitrogens is 1.